The van der Waals surface area contributed by atoms with Gasteiger partial charge in [-0.3, -0.25) is 4.98 Å². The molecule has 1 heterocycles. The molecule has 0 unspecified atom stereocenters. The van der Waals surface area contributed by atoms with Crippen molar-refractivity contribution in [3.8, 4) is 5.75 Å². The molecule has 0 aliphatic heterocycles. The van der Waals surface area contributed by atoms with E-state index in [1.54, 1.807) is 18.5 Å². The summed E-state index contributed by atoms with van der Waals surface area (Å²) in [4.78, 5) is 4.09. The van der Waals surface area contributed by atoms with Crippen molar-refractivity contribution in [3.05, 3.63) is 52.8 Å². The lowest BCUT2D eigenvalue weighted by molar-refractivity contribution is 0.469. The molecule has 2 aromatic rings. The van der Waals surface area contributed by atoms with Gasteiger partial charge in [-0.25, -0.2) is 0 Å². The van der Waals surface area contributed by atoms with Crippen LogP contribution in [0.25, 0.3) is 0 Å². The number of phenolic OH excluding ortho intramolecular Hbond substituents is 1. The molecule has 88 valence electrons. The summed E-state index contributed by atoms with van der Waals surface area (Å²) >= 11 is 5.83. The average molecular weight is 249 g/mol. The van der Waals surface area contributed by atoms with E-state index in [4.69, 9.17) is 11.6 Å². The Morgan fingerprint density at radius 1 is 1.35 bits per heavy atom. The summed E-state index contributed by atoms with van der Waals surface area (Å²) in [5.74, 6) is 0.127. The lowest BCUT2D eigenvalue weighted by atomic mass is 10.2. The molecule has 0 saturated carbocycles. The summed E-state index contributed by atoms with van der Waals surface area (Å²) in [6.45, 7) is 2.49. The van der Waals surface area contributed by atoms with E-state index in [2.05, 4.69) is 10.3 Å². The molecule has 0 aliphatic carbocycles. The Morgan fingerprint density at radius 3 is 2.94 bits per heavy atom. The lowest BCUT2D eigenvalue weighted by Gasteiger charge is -2.09. The van der Waals surface area contributed by atoms with Crippen LogP contribution in [-0.4, -0.2) is 10.1 Å². The molecule has 4 heteroatoms. The van der Waals surface area contributed by atoms with E-state index in [0.29, 0.717) is 11.6 Å². The Labute approximate surface area is 105 Å². The van der Waals surface area contributed by atoms with Crippen LogP contribution >= 0.6 is 11.6 Å². The van der Waals surface area contributed by atoms with Crippen LogP contribution in [0.4, 0.5) is 5.69 Å². The van der Waals surface area contributed by atoms with Crippen molar-refractivity contribution >= 4 is 17.3 Å². The molecular formula is C13H13ClN2O. The van der Waals surface area contributed by atoms with Crippen LogP contribution in [0.2, 0.25) is 5.02 Å². The Kier molecular flexibility index (Phi) is 3.49. The standard InChI is InChI=1S/C13H13ClN2O/c1-9-5-11(8-15-6-9)16-7-10-3-2-4-12(14)13(10)17/h2-6,8,16-17H,7H2,1H3. The summed E-state index contributed by atoms with van der Waals surface area (Å²) in [5, 5.41) is 13.3. The number of aromatic hydroxyl groups is 1. The van der Waals surface area contributed by atoms with E-state index < -0.39 is 0 Å². The van der Waals surface area contributed by atoms with E-state index in [1.165, 1.54) is 0 Å². The first-order chi connectivity index (χ1) is 8.16. The molecule has 1 aromatic carbocycles. The minimum Gasteiger partial charge on any atom is -0.506 e. The maximum absolute atomic E-state index is 9.74. The quantitative estimate of drug-likeness (QED) is 0.876. The summed E-state index contributed by atoms with van der Waals surface area (Å²) in [6, 6.07) is 7.30. The van der Waals surface area contributed by atoms with Gasteiger partial charge in [-0.05, 0) is 24.6 Å². The second-order valence-electron chi connectivity index (χ2n) is 3.85. The highest BCUT2D eigenvalue weighted by molar-refractivity contribution is 6.32. The van der Waals surface area contributed by atoms with Crippen molar-refractivity contribution in [2.24, 2.45) is 0 Å². The largest absolute Gasteiger partial charge is 0.506 e. The highest BCUT2D eigenvalue weighted by Gasteiger charge is 2.04. The summed E-state index contributed by atoms with van der Waals surface area (Å²) in [5.41, 5.74) is 2.77. The number of nitrogens with zero attached hydrogens (tertiary/aromatic N) is 1. The minimum absolute atomic E-state index is 0.127. The lowest BCUT2D eigenvalue weighted by Crippen LogP contribution is -2.00. The van der Waals surface area contributed by atoms with Crippen LogP contribution in [0.5, 0.6) is 5.75 Å². The number of phenols is 1. The monoisotopic (exact) mass is 248 g/mol. The van der Waals surface area contributed by atoms with Gasteiger partial charge in [0.1, 0.15) is 5.75 Å². The second kappa shape index (κ2) is 5.06. The average Bonchev–Trinajstić information content (AvgIpc) is 2.31. The highest BCUT2D eigenvalue weighted by atomic mass is 35.5. The van der Waals surface area contributed by atoms with Crippen molar-refractivity contribution in [2.45, 2.75) is 13.5 Å². The van der Waals surface area contributed by atoms with Crippen molar-refractivity contribution in [3.63, 3.8) is 0 Å². The fourth-order valence-corrected chi connectivity index (χ4v) is 1.75. The molecule has 2 N–H and O–H groups in total. The SMILES string of the molecule is Cc1cncc(NCc2cccc(Cl)c2O)c1. The first kappa shape index (κ1) is 11.7. The maximum Gasteiger partial charge on any atom is 0.139 e. The van der Waals surface area contributed by atoms with Gasteiger partial charge in [0.15, 0.2) is 0 Å². The van der Waals surface area contributed by atoms with Gasteiger partial charge in [0.2, 0.25) is 0 Å². The molecule has 2 rings (SSSR count). The van der Waals surface area contributed by atoms with Crippen molar-refractivity contribution in [1.29, 1.82) is 0 Å². The molecule has 0 bridgehead atoms. The molecule has 0 spiro atoms. The van der Waals surface area contributed by atoms with Crippen LogP contribution in [0.3, 0.4) is 0 Å². The Hall–Kier alpha value is -1.74. The van der Waals surface area contributed by atoms with Gasteiger partial charge in [-0.1, -0.05) is 23.7 Å². The van der Waals surface area contributed by atoms with Gasteiger partial charge in [-0.15, -0.1) is 0 Å². The van der Waals surface area contributed by atoms with Gasteiger partial charge in [0.05, 0.1) is 10.7 Å². The van der Waals surface area contributed by atoms with Crippen molar-refractivity contribution < 1.29 is 5.11 Å². The molecule has 0 radical (unpaired) electrons. The first-order valence-electron chi connectivity index (χ1n) is 5.28. The third-order valence-corrected chi connectivity index (χ3v) is 2.73. The second-order valence-corrected chi connectivity index (χ2v) is 4.26. The number of aryl methyl sites for hydroxylation is 1. The third kappa shape index (κ3) is 2.88. The molecule has 0 amide bonds. The maximum atomic E-state index is 9.74. The van der Waals surface area contributed by atoms with E-state index in [0.717, 1.165) is 16.8 Å². The number of aromatic nitrogens is 1. The van der Waals surface area contributed by atoms with Gasteiger partial charge in [-0.2, -0.15) is 0 Å². The fourth-order valence-electron chi connectivity index (χ4n) is 1.55. The number of nitrogens with one attached hydrogen (secondary N) is 1. The van der Waals surface area contributed by atoms with Crippen LogP contribution < -0.4 is 5.32 Å². The van der Waals surface area contributed by atoms with Crippen molar-refractivity contribution in [1.82, 2.24) is 4.98 Å². The normalized spacial score (nSPS) is 10.2. The summed E-state index contributed by atoms with van der Waals surface area (Å²) in [7, 11) is 0. The number of hydrogen-bond donors (Lipinski definition) is 2. The number of anilines is 1. The molecule has 3 nitrogen and oxygen atoms in total. The van der Waals surface area contributed by atoms with E-state index in [-0.39, 0.29) is 5.75 Å². The summed E-state index contributed by atoms with van der Waals surface area (Å²) < 4.78 is 0. The molecule has 0 saturated heterocycles. The Bertz CT molecular complexity index is 529. The predicted octanol–water partition coefficient (Wildman–Crippen LogP) is 3.36. The topological polar surface area (TPSA) is 45.2 Å². The zero-order chi connectivity index (χ0) is 12.3. The van der Waals surface area contributed by atoms with Crippen LogP contribution in [-0.2, 0) is 6.54 Å². The Morgan fingerprint density at radius 2 is 2.18 bits per heavy atom. The minimum atomic E-state index is 0.127. The van der Waals surface area contributed by atoms with E-state index in [9.17, 15) is 5.11 Å². The molecular weight excluding hydrogens is 236 g/mol. The number of hydrogen-bond acceptors (Lipinski definition) is 3. The van der Waals surface area contributed by atoms with Crippen LogP contribution in [0, 0.1) is 6.92 Å². The molecule has 0 fully saturated rings. The fraction of sp³-hybridized carbons (Fsp3) is 0.154. The van der Waals surface area contributed by atoms with Crippen molar-refractivity contribution in [2.75, 3.05) is 5.32 Å². The smallest absolute Gasteiger partial charge is 0.139 e. The van der Waals surface area contributed by atoms with E-state index in [1.807, 2.05) is 25.1 Å². The number of halogens is 1. The molecule has 17 heavy (non-hydrogen) atoms. The molecule has 0 aliphatic rings. The summed E-state index contributed by atoms with van der Waals surface area (Å²) in [6.07, 6.45) is 3.54. The number of benzene rings is 1. The number of rotatable bonds is 3. The molecule has 0 atom stereocenters. The van der Waals surface area contributed by atoms with Gasteiger partial charge >= 0.3 is 0 Å². The van der Waals surface area contributed by atoms with Gasteiger partial charge in [0.25, 0.3) is 0 Å². The number of pyridine rings is 1. The van der Waals surface area contributed by atoms with Gasteiger partial charge < -0.3 is 10.4 Å². The van der Waals surface area contributed by atoms with E-state index >= 15 is 0 Å². The highest BCUT2D eigenvalue weighted by Crippen LogP contribution is 2.27. The number of para-hydroxylation sites is 1. The Balaban J connectivity index is 2.10. The predicted molar refractivity (Wildman–Crippen MR) is 69.4 cm³/mol. The van der Waals surface area contributed by atoms with Gasteiger partial charge in [0, 0.05) is 24.5 Å². The first-order valence-corrected chi connectivity index (χ1v) is 5.66. The van der Waals surface area contributed by atoms with Crippen LogP contribution in [0.15, 0.2) is 36.7 Å². The zero-order valence-electron chi connectivity index (χ0n) is 9.44. The third-order valence-electron chi connectivity index (χ3n) is 2.43. The molecule has 1 aromatic heterocycles. The van der Waals surface area contributed by atoms with Crippen LogP contribution in [0.1, 0.15) is 11.1 Å². The zero-order valence-corrected chi connectivity index (χ0v) is 10.2.